The molecule has 0 radical (unpaired) electrons. The highest BCUT2D eigenvalue weighted by Crippen LogP contribution is 2.25. The third-order valence-electron chi connectivity index (χ3n) is 4.02. The summed E-state index contributed by atoms with van der Waals surface area (Å²) in [5.41, 5.74) is 2.46. The molecule has 3 aromatic rings. The summed E-state index contributed by atoms with van der Waals surface area (Å²) in [4.78, 5) is 12.1. The van der Waals surface area contributed by atoms with Crippen LogP contribution in [0.15, 0.2) is 59.3 Å². The number of carbonyl (C=O) groups excluding carboxylic acids is 1. The van der Waals surface area contributed by atoms with E-state index >= 15 is 0 Å². The normalized spacial score (nSPS) is 10.5. The number of aryl methyl sites for hydroxylation is 1. The average molecular weight is 354 g/mol. The third kappa shape index (κ3) is 4.27. The number of methoxy groups -OCH3 is 1. The molecule has 0 fully saturated rings. The van der Waals surface area contributed by atoms with Crippen LogP contribution in [0.5, 0.6) is 5.75 Å². The van der Waals surface area contributed by atoms with Crippen molar-refractivity contribution in [3.05, 3.63) is 71.7 Å². The van der Waals surface area contributed by atoms with Crippen molar-refractivity contribution in [2.24, 2.45) is 0 Å². The molecule has 6 heteroatoms. The molecule has 0 bridgehead atoms. The second kappa shape index (κ2) is 8.29. The number of aromatic nitrogens is 1. The Bertz CT molecular complexity index is 892. The van der Waals surface area contributed by atoms with Gasteiger partial charge in [0.05, 0.1) is 7.11 Å². The highest BCUT2D eigenvalue weighted by atomic mass is 19.1. The van der Waals surface area contributed by atoms with Crippen molar-refractivity contribution < 1.29 is 18.4 Å². The fourth-order valence-electron chi connectivity index (χ4n) is 2.63. The predicted molar refractivity (Wildman–Crippen MR) is 95.1 cm³/mol. The van der Waals surface area contributed by atoms with Crippen molar-refractivity contribution in [1.82, 2.24) is 10.5 Å². The van der Waals surface area contributed by atoms with Crippen LogP contribution >= 0.6 is 0 Å². The number of benzene rings is 2. The minimum absolute atomic E-state index is 0.103. The second-order valence-corrected chi connectivity index (χ2v) is 5.80. The summed E-state index contributed by atoms with van der Waals surface area (Å²) < 4.78 is 24.1. The van der Waals surface area contributed by atoms with Crippen LogP contribution in [0.1, 0.15) is 17.5 Å². The number of nitrogens with zero attached hydrogens (tertiary/aromatic N) is 1. The van der Waals surface area contributed by atoms with Gasteiger partial charge in [0, 0.05) is 24.1 Å². The van der Waals surface area contributed by atoms with Gasteiger partial charge in [0.15, 0.2) is 0 Å². The molecule has 134 valence electrons. The van der Waals surface area contributed by atoms with Gasteiger partial charge in [0.1, 0.15) is 23.5 Å². The van der Waals surface area contributed by atoms with E-state index in [-0.39, 0.29) is 18.1 Å². The molecular weight excluding hydrogens is 335 g/mol. The van der Waals surface area contributed by atoms with Crippen LogP contribution < -0.4 is 10.1 Å². The van der Waals surface area contributed by atoms with Gasteiger partial charge in [-0.05, 0) is 36.2 Å². The lowest BCUT2D eigenvalue weighted by atomic mass is 10.0. The topological polar surface area (TPSA) is 64.4 Å². The minimum Gasteiger partial charge on any atom is -0.497 e. The predicted octanol–water partition coefficient (Wildman–Crippen LogP) is 3.74. The van der Waals surface area contributed by atoms with Gasteiger partial charge in [-0.1, -0.05) is 29.4 Å². The van der Waals surface area contributed by atoms with E-state index in [1.54, 1.807) is 25.3 Å². The fourth-order valence-corrected chi connectivity index (χ4v) is 2.63. The molecule has 0 spiro atoms. The number of amides is 1. The molecule has 0 unspecified atom stereocenters. The van der Waals surface area contributed by atoms with Crippen molar-refractivity contribution in [1.29, 1.82) is 0 Å². The van der Waals surface area contributed by atoms with Gasteiger partial charge in [0.2, 0.25) is 5.91 Å². The maximum Gasteiger partial charge on any atom is 0.220 e. The first-order valence-corrected chi connectivity index (χ1v) is 8.25. The Morgan fingerprint density at radius 1 is 1.23 bits per heavy atom. The third-order valence-corrected chi connectivity index (χ3v) is 4.02. The van der Waals surface area contributed by atoms with Crippen LogP contribution in [0, 0.1) is 5.82 Å². The van der Waals surface area contributed by atoms with Crippen molar-refractivity contribution in [3.63, 3.8) is 0 Å². The Labute approximate surface area is 150 Å². The van der Waals surface area contributed by atoms with Gasteiger partial charge < -0.3 is 14.6 Å². The SMILES string of the molecule is COc1cccc(CNC(=O)CCc2conc2-c2ccccc2F)c1. The first kappa shape index (κ1) is 17.7. The number of carbonyl (C=O) groups is 1. The quantitative estimate of drug-likeness (QED) is 0.702. The molecule has 0 atom stereocenters. The second-order valence-electron chi connectivity index (χ2n) is 5.80. The molecule has 0 aliphatic heterocycles. The van der Waals surface area contributed by atoms with E-state index in [1.165, 1.54) is 12.3 Å². The van der Waals surface area contributed by atoms with E-state index < -0.39 is 0 Å². The van der Waals surface area contributed by atoms with Crippen LogP contribution in [0.3, 0.4) is 0 Å². The van der Waals surface area contributed by atoms with Gasteiger partial charge in [-0.25, -0.2) is 4.39 Å². The Morgan fingerprint density at radius 3 is 2.88 bits per heavy atom. The summed E-state index contributed by atoms with van der Waals surface area (Å²) in [5.74, 6) is 0.273. The van der Waals surface area contributed by atoms with Crippen LogP contribution in [0.25, 0.3) is 11.3 Å². The standard InChI is InChI=1S/C20H19FN2O3/c1-25-16-6-4-5-14(11-16)12-22-19(24)10-9-15-13-26-23-20(15)17-7-2-3-8-18(17)21/h2-8,11,13H,9-10,12H2,1H3,(H,22,24). The summed E-state index contributed by atoms with van der Waals surface area (Å²) in [6, 6.07) is 13.9. The average Bonchev–Trinajstić information content (AvgIpc) is 3.13. The van der Waals surface area contributed by atoms with Crippen LogP contribution in [-0.2, 0) is 17.8 Å². The van der Waals surface area contributed by atoms with E-state index in [2.05, 4.69) is 10.5 Å². The lowest BCUT2D eigenvalue weighted by Gasteiger charge is -2.07. The van der Waals surface area contributed by atoms with Crippen LogP contribution in [0.4, 0.5) is 4.39 Å². The number of hydrogen-bond acceptors (Lipinski definition) is 4. The number of ether oxygens (including phenoxy) is 1. The van der Waals surface area contributed by atoms with Gasteiger partial charge in [0.25, 0.3) is 0 Å². The van der Waals surface area contributed by atoms with E-state index in [9.17, 15) is 9.18 Å². The van der Waals surface area contributed by atoms with Crippen molar-refractivity contribution in [2.75, 3.05) is 7.11 Å². The van der Waals surface area contributed by atoms with Crippen LogP contribution in [-0.4, -0.2) is 18.2 Å². The molecule has 1 heterocycles. The number of nitrogens with one attached hydrogen (secondary N) is 1. The number of halogens is 1. The zero-order valence-electron chi connectivity index (χ0n) is 14.4. The monoisotopic (exact) mass is 354 g/mol. The Morgan fingerprint density at radius 2 is 2.08 bits per heavy atom. The van der Waals surface area contributed by atoms with Gasteiger partial charge in [-0.2, -0.15) is 0 Å². The van der Waals surface area contributed by atoms with Crippen LogP contribution in [0.2, 0.25) is 0 Å². The molecule has 3 rings (SSSR count). The largest absolute Gasteiger partial charge is 0.497 e. The molecule has 0 aliphatic rings. The molecule has 26 heavy (non-hydrogen) atoms. The smallest absolute Gasteiger partial charge is 0.220 e. The molecule has 0 aliphatic carbocycles. The lowest BCUT2D eigenvalue weighted by Crippen LogP contribution is -2.23. The van der Waals surface area contributed by atoms with E-state index in [4.69, 9.17) is 9.26 Å². The van der Waals surface area contributed by atoms with E-state index in [0.717, 1.165) is 11.3 Å². The van der Waals surface area contributed by atoms with Gasteiger partial charge >= 0.3 is 0 Å². The molecule has 1 aromatic heterocycles. The van der Waals surface area contributed by atoms with Gasteiger partial charge in [-0.15, -0.1) is 0 Å². The Hall–Kier alpha value is -3.15. The molecule has 0 saturated heterocycles. The molecule has 2 aromatic carbocycles. The zero-order valence-corrected chi connectivity index (χ0v) is 14.4. The molecular formula is C20H19FN2O3. The molecule has 1 N–H and O–H groups in total. The first-order valence-electron chi connectivity index (χ1n) is 8.25. The lowest BCUT2D eigenvalue weighted by molar-refractivity contribution is -0.121. The fraction of sp³-hybridized carbons (Fsp3) is 0.200. The van der Waals surface area contributed by atoms with Gasteiger partial charge in [-0.3, -0.25) is 4.79 Å². The first-order chi connectivity index (χ1) is 12.7. The highest BCUT2D eigenvalue weighted by Gasteiger charge is 2.15. The Balaban J connectivity index is 1.57. The van der Waals surface area contributed by atoms with E-state index in [0.29, 0.717) is 29.8 Å². The van der Waals surface area contributed by atoms with E-state index in [1.807, 2.05) is 24.3 Å². The van der Waals surface area contributed by atoms with Crippen molar-refractivity contribution in [2.45, 2.75) is 19.4 Å². The summed E-state index contributed by atoms with van der Waals surface area (Å²) in [5, 5.41) is 6.74. The summed E-state index contributed by atoms with van der Waals surface area (Å²) in [7, 11) is 1.60. The number of rotatable bonds is 7. The summed E-state index contributed by atoms with van der Waals surface area (Å²) >= 11 is 0. The molecule has 0 saturated carbocycles. The maximum atomic E-state index is 13.9. The summed E-state index contributed by atoms with van der Waals surface area (Å²) in [6.45, 7) is 0.417. The Kier molecular flexibility index (Phi) is 5.63. The van der Waals surface area contributed by atoms with Crippen molar-refractivity contribution >= 4 is 5.91 Å². The zero-order chi connectivity index (χ0) is 18.4. The summed E-state index contributed by atoms with van der Waals surface area (Å²) in [6.07, 6.45) is 2.13. The highest BCUT2D eigenvalue weighted by molar-refractivity contribution is 5.76. The van der Waals surface area contributed by atoms with Crippen molar-refractivity contribution in [3.8, 4) is 17.0 Å². The molecule has 5 nitrogen and oxygen atoms in total. The molecule has 1 amide bonds. The maximum absolute atomic E-state index is 13.9. The minimum atomic E-state index is -0.370. The number of hydrogen-bond donors (Lipinski definition) is 1.